The molecule has 0 aromatic carbocycles. The first-order valence-corrected chi connectivity index (χ1v) is 6.56. The molecule has 1 aromatic rings. The van der Waals surface area contributed by atoms with Crippen molar-refractivity contribution >= 4 is 22.4 Å². The van der Waals surface area contributed by atoms with Crippen LogP contribution in [0, 0.1) is 0 Å². The second-order valence-corrected chi connectivity index (χ2v) is 4.90. The Morgan fingerprint density at radius 1 is 1.59 bits per heavy atom. The van der Waals surface area contributed by atoms with Gasteiger partial charge in [-0.15, -0.1) is 0 Å². The summed E-state index contributed by atoms with van der Waals surface area (Å²) in [7, 11) is 0. The summed E-state index contributed by atoms with van der Waals surface area (Å²) in [6.45, 7) is 9.28. The molecule has 6 heteroatoms. The molecule has 96 valence electrons. The minimum absolute atomic E-state index is 0.252. The van der Waals surface area contributed by atoms with E-state index < -0.39 is 5.97 Å². The molecule has 0 bridgehead atoms. The summed E-state index contributed by atoms with van der Waals surface area (Å²) in [5, 5.41) is 12.7. The number of nitrogens with zero attached hydrogens (tertiary/aromatic N) is 2. The van der Waals surface area contributed by atoms with Crippen molar-refractivity contribution in [3.63, 3.8) is 0 Å². The van der Waals surface area contributed by atoms with Crippen molar-refractivity contribution < 1.29 is 9.90 Å². The van der Waals surface area contributed by atoms with Crippen molar-refractivity contribution in [3.8, 4) is 0 Å². The summed E-state index contributed by atoms with van der Waals surface area (Å²) in [6, 6.07) is 0.252. The minimum Gasteiger partial charge on any atom is -0.477 e. The van der Waals surface area contributed by atoms with E-state index in [1.165, 1.54) is 17.5 Å². The van der Waals surface area contributed by atoms with Crippen LogP contribution in [0.4, 0.5) is 5.13 Å². The number of anilines is 1. The van der Waals surface area contributed by atoms with E-state index in [1.807, 2.05) is 0 Å². The van der Waals surface area contributed by atoms with Gasteiger partial charge >= 0.3 is 5.97 Å². The second-order valence-electron chi connectivity index (χ2n) is 3.87. The van der Waals surface area contributed by atoms with E-state index in [4.69, 9.17) is 5.11 Å². The molecule has 1 atom stereocenters. The van der Waals surface area contributed by atoms with Crippen LogP contribution < -0.4 is 5.32 Å². The lowest BCUT2D eigenvalue weighted by Crippen LogP contribution is -2.34. The zero-order valence-corrected chi connectivity index (χ0v) is 11.3. The SMILES string of the molecule is CCN(CC)CC(C)Nc1ncc(C(=O)O)s1. The summed E-state index contributed by atoms with van der Waals surface area (Å²) in [6.07, 6.45) is 1.39. The summed E-state index contributed by atoms with van der Waals surface area (Å²) in [5.41, 5.74) is 0. The highest BCUT2D eigenvalue weighted by atomic mass is 32.1. The fourth-order valence-corrected chi connectivity index (χ4v) is 2.33. The van der Waals surface area contributed by atoms with Gasteiger partial charge in [0.25, 0.3) is 0 Å². The molecule has 0 aliphatic carbocycles. The van der Waals surface area contributed by atoms with Gasteiger partial charge in [0, 0.05) is 12.6 Å². The highest BCUT2D eigenvalue weighted by Gasteiger charge is 2.11. The fourth-order valence-electron chi connectivity index (χ4n) is 1.57. The normalized spacial score (nSPS) is 12.7. The Balaban J connectivity index is 2.49. The molecular formula is C11H19N3O2S. The molecule has 0 saturated heterocycles. The standard InChI is InChI=1S/C11H19N3O2S/c1-4-14(5-2)7-8(3)13-11-12-6-9(17-11)10(15)16/h6,8H,4-5,7H2,1-3H3,(H,12,13)(H,15,16). The largest absolute Gasteiger partial charge is 0.477 e. The number of carbonyl (C=O) groups is 1. The third kappa shape index (κ3) is 4.32. The third-order valence-corrected chi connectivity index (χ3v) is 3.43. The predicted molar refractivity (Wildman–Crippen MR) is 69.9 cm³/mol. The maximum absolute atomic E-state index is 10.7. The molecule has 17 heavy (non-hydrogen) atoms. The Kier molecular flexibility index (Phi) is 5.37. The van der Waals surface area contributed by atoms with Gasteiger partial charge in [-0.05, 0) is 20.0 Å². The third-order valence-electron chi connectivity index (χ3n) is 2.51. The van der Waals surface area contributed by atoms with Crippen molar-refractivity contribution in [1.82, 2.24) is 9.88 Å². The van der Waals surface area contributed by atoms with Crippen molar-refractivity contribution in [2.75, 3.05) is 25.0 Å². The summed E-state index contributed by atoms with van der Waals surface area (Å²) >= 11 is 1.17. The molecule has 0 aliphatic heterocycles. The van der Waals surface area contributed by atoms with E-state index in [-0.39, 0.29) is 10.9 Å². The lowest BCUT2D eigenvalue weighted by Gasteiger charge is -2.23. The maximum Gasteiger partial charge on any atom is 0.347 e. The monoisotopic (exact) mass is 257 g/mol. The molecule has 2 N–H and O–H groups in total. The Morgan fingerprint density at radius 3 is 2.71 bits per heavy atom. The van der Waals surface area contributed by atoms with Crippen LogP contribution in [0.25, 0.3) is 0 Å². The zero-order chi connectivity index (χ0) is 12.8. The maximum atomic E-state index is 10.7. The average Bonchev–Trinajstić information content (AvgIpc) is 2.74. The predicted octanol–water partition coefficient (Wildman–Crippen LogP) is 1.98. The number of nitrogens with one attached hydrogen (secondary N) is 1. The number of hydrogen-bond acceptors (Lipinski definition) is 5. The number of hydrogen-bond donors (Lipinski definition) is 2. The number of likely N-dealkylation sites (N-methyl/N-ethyl adjacent to an activating group) is 1. The van der Waals surface area contributed by atoms with Crippen LogP contribution in [0.15, 0.2) is 6.20 Å². The lowest BCUT2D eigenvalue weighted by molar-refractivity contribution is 0.0702. The molecular weight excluding hydrogens is 238 g/mol. The van der Waals surface area contributed by atoms with Gasteiger partial charge < -0.3 is 15.3 Å². The highest BCUT2D eigenvalue weighted by Crippen LogP contribution is 2.18. The van der Waals surface area contributed by atoms with E-state index in [0.717, 1.165) is 19.6 Å². The molecule has 1 unspecified atom stereocenters. The molecule has 0 amide bonds. The quantitative estimate of drug-likeness (QED) is 0.782. The number of aromatic carboxylic acids is 1. The van der Waals surface area contributed by atoms with Crippen molar-refractivity contribution in [1.29, 1.82) is 0 Å². The van der Waals surface area contributed by atoms with Gasteiger partial charge in [0.05, 0.1) is 6.20 Å². The first-order valence-electron chi connectivity index (χ1n) is 5.74. The van der Waals surface area contributed by atoms with Gasteiger partial charge in [-0.2, -0.15) is 0 Å². The second kappa shape index (κ2) is 6.56. The van der Waals surface area contributed by atoms with Gasteiger partial charge in [0.2, 0.25) is 0 Å². The van der Waals surface area contributed by atoms with E-state index >= 15 is 0 Å². The fraction of sp³-hybridized carbons (Fsp3) is 0.636. The van der Waals surface area contributed by atoms with Gasteiger partial charge in [0.1, 0.15) is 4.88 Å². The molecule has 1 heterocycles. The summed E-state index contributed by atoms with van der Waals surface area (Å²) in [4.78, 5) is 17.3. The van der Waals surface area contributed by atoms with Crippen LogP contribution >= 0.6 is 11.3 Å². The van der Waals surface area contributed by atoms with Crippen LogP contribution in [-0.4, -0.2) is 46.6 Å². The average molecular weight is 257 g/mol. The smallest absolute Gasteiger partial charge is 0.347 e. The lowest BCUT2D eigenvalue weighted by atomic mass is 10.3. The van der Waals surface area contributed by atoms with Crippen LogP contribution in [0.1, 0.15) is 30.4 Å². The van der Waals surface area contributed by atoms with Crippen LogP contribution in [0.2, 0.25) is 0 Å². The van der Waals surface area contributed by atoms with Crippen LogP contribution in [0.5, 0.6) is 0 Å². The molecule has 0 saturated carbocycles. The summed E-state index contributed by atoms with van der Waals surface area (Å²) in [5.74, 6) is -0.924. The first kappa shape index (κ1) is 13.9. The van der Waals surface area contributed by atoms with E-state index in [9.17, 15) is 4.79 Å². The Hall–Kier alpha value is -1.14. The van der Waals surface area contributed by atoms with Gasteiger partial charge in [-0.3, -0.25) is 0 Å². The molecule has 1 rings (SSSR count). The molecule has 0 fully saturated rings. The Morgan fingerprint density at radius 2 is 2.24 bits per heavy atom. The molecule has 5 nitrogen and oxygen atoms in total. The van der Waals surface area contributed by atoms with E-state index in [0.29, 0.717) is 5.13 Å². The van der Waals surface area contributed by atoms with Crippen LogP contribution in [0.3, 0.4) is 0 Å². The Bertz CT molecular complexity index is 363. The molecule has 0 aliphatic rings. The number of rotatable bonds is 7. The van der Waals surface area contributed by atoms with Crippen molar-refractivity contribution in [2.24, 2.45) is 0 Å². The number of carboxylic acids is 1. The van der Waals surface area contributed by atoms with Gasteiger partial charge in [-0.25, -0.2) is 9.78 Å². The Labute approximate surface area is 105 Å². The van der Waals surface area contributed by atoms with Crippen molar-refractivity contribution in [2.45, 2.75) is 26.8 Å². The molecule has 1 aromatic heterocycles. The first-order chi connectivity index (χ1) is 8.06. The minimum atomic E-state index is -0.924. The summed E-state index contributed by atoms with van der Waals surface area (Å²) < 4.78 is 0. The van der Waals surface area contributed by atoms with Gasteiger partial charge in [-0.1, -0.05) is 25.2 Å². The number of aromatic nitrogens is 1. The van der Waals surface area contributed by atoms with E-state index in [2.05, 4.69) is 36.0 Å². The van der Waals surface area contributed by atoms with E-state index in [1.54, 1.807) is 0 Å². The number of thiazole rings is 1. The van der Waals surface area contributed by atoms with Crippen molar-refractivity contribution in [3.05, 3.63) is 11.1 Å². The topological polar surface area (TPSA) is 65.5 Å². The van der Waals surface area contributed by atoms with Crippen LogP contribution in [-0.2, 0) is 0 Å². The van der Waals surface area contributed by atoms with Gasteiger partial charge in [0.15, 0.2) is 5.13 Å². The zero-order valence-electron chi connectivity index (χ0n) is 10.4. The highest BCUT2D eigenvalue weighted by molar-refractivity contribution is 7.17. The molecule has 0 spiro atoms. The number of carboxylic acid groups (broad SMARTS) is 1. The molecule has 0 radical (unpaired) electrons.